The highest BCUT2D eigenvalue weighted by molar-refractivity contribution is 7.90. The summed E-state index contributed by atoms with van der Waals surface area (Å²) in [5, 5.41) is 4.85. The summed E-state index contributed by atoms with van der Waals surface area (Å²) in [6, 6.07) is -0.498. The zero-order chi connectivity index (χ0) is 10.9. The van der Waals surface area contributed by atoms with Crippen molar-refractivity contribution in [3.05, 3.63) is 0 Å². The van der Waals surface area contributed by atoms with E-state index in [0.29, 0.717) is 19.5 Å². The van der Waals surface area contributed by atoms with Crippen molar-refractivity contribution in [3.8, 4) is 0 Å². The molecule has 2 amide bonds. The molecular weight excluding hydrogens is 218 g/mol. The van der Waals surface area contributed by atoms with E-state index in [-0.39, 0.29) is 6.54 Å². The van der Waals surface area contributed by atoms with E-state index in [9.17, 15) is 13.2 Å². The van der Waals surface area contributed by atoms with Crippen molar-refractivity contribution >= 4 is 16.1 Å². The zero-order valence-corrected chi connectivity index (χ0v) is 9.22. The summed E-state index contributed by atoms with van der Waals surface area (Å²) in [5.41, 5.74) is 0. The Morgan fingerprint density at radius 2 is 2.07 bits per heavy atom. The first-order valence-corrected chi connectivity index (χ1v) is 6.65. The first-order valence-electron chi connectivity index (χ1n) is 5.15. The number of nitrogens with zero attached hydrogens (tertiary/aromatic N) is 1. The molecule has 15 heavy (non-hydrogen) atoms. The maximum absolute atomic E-state index is 12.0. The Labute approximate surface area is 89.1 Å². The third kappa shape index (κ3) is 1.93. The highest BCUT2D eigenvalue weighted by atomic mass is 32.2. The van der Waals surface area contributed by atoms with E-state index < -0.39 is 21.4 Å². The van der Waals surface area contributed by atoms with Gasteiger partial charge in [0.1, 0.15) is 5.37 Å². The van der Waals surface area contributed by atoms with E-state index in [1.165, 1.54) is 0 Å². The quantitative estimate of drug-likeness (QED) is 0.670. The molecule has 0 aromatic carbocycles. The van der Waals surface area contributed by atoms with Crippen LogP contribution in [0.1, 0.15) is 19.3 Å². The van der Waals surface area contributed by atoms with Gasteiger partial charge in [-0.05, 0) is 25.8 Å². The summed E-state index contributed by atoms with van der Waals surface area (Å²) in [6.45, 7) is 1.36. The van der Waals surface area contributed by atoms with Crippen molar-refractivity contribution in [1.82, 2.24) is 14.9 Å². The van der Waals surface area contributed by atoms with Gasteiger partial charge in [0.05, 0.1) is 6.54 Å². The monoisotopic (exact) mass is 233 g/mol. The number of sulfonamides is 1. The largest absolute Gasteiger partial charge is 0.335 e. The molecule has 0 saturated carbocycles. The van der Waals surface area contributed by atoms with Crippen LogP contribution in [-0.2, 0) is 10.0 Å². The van der Waals surface area contributed by atoms with Crippen molar-refractivity contribution in [2.24, 2.45) is 0 Å². The molecule has 6 nitrogen and oxygen atoms in total. The second kappa shape index (κ2) is 3.97. The predicted octanol–water partition coefficient (Wildman–Crippen LogP) is -0.559. The molecule has 1 atom stereocenters. The van der Waals surface area contributed by atoms with Crippen molar-refractivity contribution in [1.29, 1.82) is 0 Å². The van der Waals surface area contributed by atoms with Crippen LogP contribution in [0.4, 0.5) is 4.79 Å². The lowest BCUT2D eigenvalue weighted by Crippen LogP contribution is -2.49. The number of nitrogens with one attached hydrogen (secondary N) is 2. The van der Waals surface area contributed by atoms with Crippen molar-refractivity contribution in [2.75, 3.05) is 19.6 Å². The Morgan fingerprint density at radius 1 is 1.27 bits per heavy atom. The lowest BCUT2D eigenvalue weighted by atomic mass is 10.2. The molecule has 2 rings (SSSR count). The van der Waals surface area contributed by atoms with Crippen LogP contribution in [0.15, 0.2) is 0 Å². The Hall–Kier alpha value is -0.820. The summed E-state index contributed by atoms with van der Waals surface area (Å²) >= 11 is 0. The first-order chi connectivity index (χ1) is 7.12. The minimum Gasteiger partial charge on any atom is -0.335 e. The van der Waals surface area contributed by atoms with Gasteiger partial charge in [-0.3, -0.25) is 5.32 Å². The summed E-state index contributed by atoms with van der Waals surface area (Å²) in [5.74, 6) is 0. The molecule has 0 aromatic rings. The molecule has 2 aliphatic heterocycles. The fourth-order valence-corrected chi connectivity index (χ4v) is 3.67. The van der Waals surface area contributed by atoms with Crippen LogP contribution in [0.25, 0.3) is 0 Å². The smallest absolute Gasteiger partial charge is 0.331 e. The number of rotatable bonds is 2. The third-order valence-electron chi connectivity index (χ3n) is 2.75. The van der Waals surface area contributed by atoms with Crippen LogP contribution in [0, 0.1) is 0 Å². The summed E-state index contributed by atoms with van der Waals surface area (Å²) < 4.78 is 24.9. The SMILES string of the molecule is O=C1NCCN1S(=O)(=O)C1CCCCN1. The van der Waals surface area contributed by atoms with Crippen LogP contribution >= 0.6 is 0 Å². The Kier molecular flexibility index (Phi) is 2.83. The molecule has 0 spiro atoms. The Balaban J connectivity index is 2.14. The van der Waals surface area contributed by atoms with Crippen LogP contribution < -0.4 is 10.6 Å². The molecule has 0 radical (unpaired) electrons. The van der Waals surface area contributed by atoms with Gasteiger partial charge in [-0.1, -0.05) is 0 Å². The van der Waals surface area contributed by atoms with Gasteiger partial charge in [0.25, 0.3) is 10.0 Å². The molecule has 2 saturated heterocycles. The van der Waals surface area contributed by atoms with E-state index in [1.807, 2.05) is 0 Å². The van der Waals surface area contributed by atoms with Crippen LogP contribution in [0.2, 0.25) is 0 Å². The molecule has 2 heterocycles. The Morgan fingerprint density at radius 3 is 2.60 bits per heavy atom. The highest BCUT2D eigenvalue weighted by Gasteiger charge is 2.38. The van der Waals surface area contributed by atoms with Crippen molar-refractivity contribution < 1.29 is 13.2 Å². The van der Waals surface area contributed by atoms with Crippen molar-refractivity contribution in [3.63, 3.8) is 0 Å². The molecule has 0 aromatic heterocycles. The lowest BCUT2D eigenvalue weighted by Gasteiger charge is -2.27. The summed E-state index contributed by atoms with van der Waals surface area (Å²) in [7, 11) is -3.50. The van der Waals surface area contributed by atoms with Gasteiger partial charge in [-0.25, -0.2) is 17.5 Å². The van der Waals surface area contributed by atoms with Gasteiger partial charge in [0, 0.05) is 6.54 Å². The summed E-state index contributed by atoms with van der Waals surface area (Å²) in [6.07, 6.45) is 2.48. The second-order valence-electron chi connectivity index (χ2n) is 3.79. The molecule has 2 aliphatic rings. The average molecular weight is 233 g/mol. The molecule has 7 heteroatoms. The number of carbonyl (C=O) groups is 1. The topological polar surface area (TPSA) is 78.5 Å². The molecule has 1 unspecified atom stereocenters. The van der Waals surface area contributed by atoms with E-state index in [1.54, 1.807) is 0 Å². The van der Waals surface area contributed by atoms with E-state index in [4.69, 9.17) is 0 Å². The maximum atomic E-state index is 12.0. The van der Waals surface area contributed by atoms with E-state index >= 15 is 0 Å². The average Bonchev–Trinajstić information content (AvgIpc) is 2.66. The minimum atomic E-state index is -3.50. The fourth-order valence-electron chi connectivity index (χ4n) is 1.92. The number of urea groups is 1. The normalized spacial score (nSPS) is 27.9. The molecule has 2 N–H and O–H groups in total. The molecule has 0 bridgehead atoms. The van der Waals surface area contributed by atoms with Gasteiger partial charge in [0.2, 0.25) is 0 Å². The number of piperidine rings is 1. The highest BCUT2D eigenvalue weighted by Crippen LogP contribution is 2.17. The van der Waals surface area contributed by atoms with Gasteiger partial charge in [0.15, 0.2) is 0 Å². The second-order valence-corrected chi connectivity index (χ2v) is 5.83. The number of amides is 2. The molecular formula is C8H15N3O3S. The minimum absolute atomic E-state index is 0.249. The Bertz CT molecular complexity index is 348. The van der Waals surface area contributed by atoms with Gasteiger partial charge < -0.3 is 5.32 Å². The van der Waals surface area contributed by atoms with Crippen LogP contribution in [0.3, 0.4) is 0 Å². The standard InChI is InChI=1S/C8H15N3O3S/c12-8-10-5-6-11(8)15(13,14)7-3-1-2-4-9-7/h7,9H,1-6H2,(H,10,12). The fraction of sp³-hybridized carbons (Fsp3) is 0.875. The van der Waals surface area contributed by atoms with E-state index in [0.717, 1.165) is 17.1 Å². The number of hydrogen-bond donors (Lipinski definition) is 2. The molecule has 0 aliphatic carbocycles. The van der Waals surface area contributed by atoms with Crippen LogP contribution in [0.5, 0.6) is 0 Å². The van der Waals surface area contributed by atoms with Gasteiger partial charge in [-0.15, -0.1) is 0 Å². The van der Waals surface area contributed by atoms with Crippen LogP contribution in [-0.4, -0.2) is 43.8 Å². The number of hydrogen-bond acceptors (Lipinski definition) is 4. The maximum Gasteiger partial charge on any atom is 0.331 e. The number of carbonyl (C=O) groups excluding carboxylic acids is 1. The molecule has 2 fully saturated rings. The molecule has 86 valence electrons. The lowest BCUT2D eigenvalue weighted by molar-refractivity contribution is 0.235. The van der Waals surface area contributed by atoms with Crippen molar-refractivity contribution in [2.45, 2.75) is 24.6 Å². The van der Waals surface area contributed by atoms with Gasteiger partial charge >= 0.3 is 6.03 Å². The zero-order valence-electron chi connectivity index (χ0n) is 8.40. The summed E-state index contributed by atoms with van der Waals surface area (Å²) in [4.78, 5) is 11.3. The first kappa shape index (κ1) is 10.7. The van der Waals surface area contributed by atoms with Gasteiger partial charge in [-0.2, -0.15) is 0 Å². The third-order valence-corrected chi connectivity index (χ3v) is 4.83. The van der Waals surface area contributed by atoms with E-state index in [2.05, 4.69) is 10.6 Å². The predicted molar refractivity (Wildman–Crippen MR) is 54.7 cm³/mol.